The van der Waals surface area contributed by atoms with Crippen LogP contribution in [-0.4, -0.2) is 5.54 Å². The molecule has 2 N–H and O–H groups in total. The van der Waals surface area contributed by atoms with Crippen LogP contribution in [0, 0.1) is 5.92 Å². The van der Waals surface area contributed by atoms with Crippen molar-refractivity contribution in [3.05, 3.63) is 0 Å². The van der Waals surface area contributed by atoms with Gasteiger partial charge < -0.3 is 5.73 Å². The van der Waals surface area contributed by atoms with Crippen LogP contribution in [0.3, 0.4) is 0 Å². The molecule has 0 aromatic heterocycles. The lowest BCUT2D eigenvalue weighted by atomic mass is 9.73. The van der Waals surface area contributed by atoms with Crippen LogP contribution in [0.4, 0.5) is 0 Å². The van der Waals surface area contributed by atoms with Gasteiger partial charge in [0.1, 0.15) is 0 Å². The Balaban J connectivity index is 3.92. The Kier molecular flexibility index (Phi) is 16.4. The van der Waals surface area contributed by atoms with E-state index in [9.17, 15) is 0 Å². The molecule has 0 aromatic rings. The zero-order valence-electron chi connectivity index (χ0n) is 17.7. The lowest BCUT2D eigenvalue weighted by molar-refractivity contribution is 0.200. The molecule has 1 unspecified atom stereocenters. The summed E-state index contributed by atoms with van der Waals surface area (Å²) >= 11 is 0. The predicted octanol–water partition coefficient (Wildman–Crippen LogP) is 8.01. The van der Waals surface area contributed by atoms with E-state index in [1.807, 2.05) is 0 Å². The van der Waals surface area contributed by atoms with Gasteiger partial charge in [-0.3, -0.25) is 0 Å². The average Bonchev–Trinajstić information content (AvgIpc) is 2.56. The molecule has 0 aliphatic rings. The molecule has 0 aliphatic heterocycles. The molecule has 0 aromatic carbocycles. The largest absolute Gasteiger partial charge is 0.325 e. The monoisotopic (exact) mass is 339 g/mol. The molecule has 0 spiro atoms. The molecule has 0 saturated heterocycles. The van der Waals surface area contributed by atoms with Gasteiger partial charge in [0.2, 0.25) is 0 Å². The summed E-state index contributed by atoms with van der Waals surface area (Å²) < 4.78 is 0. The van der Waals surface area contributed by atoms with Crippen LogP contribution in [0.1, 0.15) is 137 Å². The third-order valence-electron chi connectivity index (χ3n) is 5.79. The molecule has 0 radical (unpaired) electrons. The Labute approximate surface area is 154 Å². The quantitative estimate of drug-likeness (QED) is 0.251. The number of hydrogen-bond donors (Lipinski definition) is 1. The van der Waals surface area contributed by atoms with E-state index in [1.165, 1.54) is 109 Å². The van der Waals surface area contributed by atoms with Crippen LogP contribution in [0.2, 0.25) is 0 Å². The van der Waals surface area contributed by atoms with E-state index in [0.717, 1.165) is 5.92 Å². The molecule has 146 valence electrons. The van der Waals surface area contributed by atoms with Gasteiger partial charge in [-0.15, -0.1) is 0 Å². The van der Waals surface area contributed by atoms with Crippen molar-refractivity contribution in [1.82, 2.24) is 0 Å². The number of nitrogens with two attached hydrogens (primary N) is 1. The Morgan fingerprint density at radius 3 is 1.42 bits per heavy atom. The van der Waals surface area contributed by atoms with E-state index in [2.05, 4.69) is 27.7 Å². The Morgan fingerprint density at radius 2 is 1.00 bits per heavy atom. The molecule has 0 rings (SSSR count). The van der Waals surface area contributed by atoms with Crippen LogP contribution < -0.4 is 5.73 Å². The first kappa shape index (κ1) is 24.0. The van der Waals surface area contributed by atoms with Crippen molar-refractivity contribution < 1.29 is 0 Å². The molecule has 24 heavy (non-hydrogen) atoms. The van der Waals surface area contributed by atoms with Crippen LogP contribution >= 0.6 is 0 Å². The summed E-state index contributed by atoms with van der Waals surface area (Å²) in [6.45, 7) is 9.20. The van der Waals surface area contributed by atoms with Gasteiger partial charge in [0.25, 0.3) is 0 Å². The molecule has 0 fully saturated rings. The minimum atomic E-state index is 0.110. The summed E-state index contributed by atoms with van der Waals surface area (Å²) in [5, 5.41) is 0. The first-order valence-electron chi connectivity index (χ1n) is 11.4. The summed E-state index contributed by atoms with van der Waals surface area (Å²) in [6.07, 6.45) is 23.2. The van der Waals surface area contributed by atoms with Gasteiger partial charge in [-0.25, -0.2) is 0 Å². The van der Waals surface area contributed by atoms with E-state index in [4.69, 9.17) is 5.73 Å². The van der Waals surface area contributed by atoms with Crippen LogP contribution in [0.5, 0.6) is 0 Å². The van der Waals surface area contributed by atoms with Crippen molar-refractivity contribution in [3.63, 3.8) is 0 Å². The van der Waals surface area contributed by atoms with Gasteiger partial charge >= 0.3 is 0 Å². The molecule has 0 heterocycles. The molecular weight excluding hydrogens is 290 g/mol. The van der Waals surface area contributed by atoms with Crippen LogP contribution in [0.15, 0.2) is 0 Å². The zero-order chi connectivity index (χ0) is 18.1. The van der Waals surface area contributed by atoms with Crippen molar-refractivity contribution in [2.45, 2.75) is 142 Å². The van der Waals surface area contributed by atoms with E-state index >= 15 is 0 Å². The summed E-state index contributed by atoms with van der Waals surface area (Å²) in [5.74, 6) is 0.747. The van der Waals surface area contributed by atoms with Gasteiger partial charge in [0, 0.05) is 5.54 Å². The van der Waals surface area contributed by atoms with Crippen molar-refractivity contribution in [2.75, 3.05) is 0 Å². The highest BCUT2D eigenvalue weighted by Crippen LogP contribution is 2.33. The van der Waals surface area contributed by atoms with Crippen LogP contribution in [-0.2, 0) is 0 Å². The lowest BCUT2D eigenvalue weighted by Crippen LogP contribution is -2.47. The highest BCUT2D eigenvalue weighted by molar-refractivity contribution is 4.90. The second kappa shape index (κ2) is 16.4. The van der Waals surface area contributed by atoms with Gasteiger partial charge in [0.15, 0.2) is 0 Å². The summed E-state index contributed by atoms with van der Waals surface area (Å²) in [6, 6.07) is 0. The maximum Gasteiger partial charge on any atom is 0.0182 e. The fourth-order valence-corrected chi connectivity index (χ4v) is 4.41. The standard InChI is InChI=1S/C23H49N/c1-5-9-10-11-12-13-14-15-16-17-19-22(18-6-2)23(24,20-7-3)21-8-4/h22H,5-21,24H2,1-4H3. The summed E-state index contributed by atoms with van der Waals surface area (Å²) in [5.41, 5.74) is 6.98. The molecule has 1 heteroatoms. The van der Waals surface area contributed by atoms with Crippen molar-refractivity contribution in [1.29, 1.82) is 0 Å². The van der Waals surface area contributed by atoms with Gasteiger partial charge in [-0.05, 0) is 31.6 Å². The van der Waals surface area contributed by atoms with Gasteiger partial charge in [-0.1, -0.05) is 111 Å². The van der Waals surface area contributed by atoms with Crippen molar-refractivity contribution in [2.24, 2.45) is 11.7 Å². The van der Waals surface area contributed by atoms with Crippen LogP contribution in [0.25, 0.3) is 0 Å². The highest BCUT2D eigenvalue weighted by Gasteiger charge is 2.31. The molecule has 1 nitrogen and oxygen atoms in total. The predicted molar refractivity (Wildman–Crippen MR) is 112 cm³/mol. The minimum Gasteiger partial charge on any atom is -0.325 e. The second-order valence-corrected chi connectivity index (χ2v) is 8.19. The van der Waals surface area contributed by atoms with Gasteiger partial charge in [0.05, 0.1) is 0 Å². The SMILES string of the molecule is CCCCCCCCCCCCC(CCC)C(N)(CCC)CCC. The van der Waals surface area contributed by atoms with Crippen molar-refractivity contribution in [3.8, 4) is 0 Å². The minimum absolute atomic E-state index is 0.110. The maximum atomic E-state index is 6.87. The average molecular weight is 340 g/mol. The van der Waals surface area contributed by atoms with Crippen molar-refractivity contribution >= 4 is 0 Å². The molecule has 0 amide bonds. The lowest BCUT2D eigenvalue weighted by Gasteiger charge is -2.38. The summed E-state index contributed by atoms with van der Waals surface area (Å²) in [7, 11) is 0. The first-order valence-corrected chi connectivity index (χ1v) is 11.4. The fraction of sp³-hybridized carbons (Fsp3) is 1.00. The third kappa shape index (κ3) is 11.5. The smallest absolute Gasteiger partial charge is 0.0182 e. The summed E-state index contributed by atoms with van der Waals surface area (Å²) in [4.78, 5) is 0. The van der Waals surface area contributed by atoms with E-state index in [1.54, 1.807) is 0 Å². The Hall–Kier alpha value is -0.0400. The first-order chi connectivity index (χ1) is 11.6. The zero-order valence-corrected chi connectivity index (χ0v) is 17.7. The maximum absolute atomic E-state index is 6.87. The van der Waals surface area contributed by atoms with E-state index in [0.29, 0.717) is 0 Å². The normalized spacial score (nSPS) is 13.4. The molecule has 0 saturated carbocycles. The highest BCUT2D eigenvalue weighted by atomic mass is 14.8. The number of rotatable bonds is 18. The van der Waals surface area contributed by atoms with Gasteiger partial charge in [-0.2, -0.15) is 0 Å². The van der Waals surface area contributed by atoms with E-state index in [-0.39, 0.29) is 5.54 Å². The molecule has 0 aliphatic carbocycles. The second-order valence-electron chi connectivity index (χ2n) is 8.19. The Morgan fingerprint density at radius 1 is 0.542 bits per heavy atom. The fourth-order valence-electron chi connectivity index (χ4n) is 4.41. The third-order valence-corrected chi connectivity index (χ3v) is 5.79. The topological polar surface area (TPSA) is 26.0 Å². The molecular formula is C23H49N. The van der Waals surface area contributed by atoms with E-state index < -0.39 is 0 Å². The molecule has 1 atom stereocenters. The number of unbranched alkanes of at least 4 members (excludes halogenated alkanes) is 9. The molecule has 0 bridgehead atoms. The number of hydrogen-bond acceptors (Lipinski definition) is 1. The Bertz CT molecular complexity index is 242.